The molecule has 17 heavy (non-hydrogen) atoms. The van der Waals surface area contributed by atoms with E-state index in [2.05, 4.69) is 23.7 Å². The number of nitro benzene ring substituents is 1. The summed E-state index contributed by atoms with van der Waals surface area (Å²) < 4.78 is 5.19. The van der Waals surface area contributed by atoms with Gasteiger partial charge in [-0.1, -0.05) is 5.92 Å². The van der Waals surface area contributed by atoms with Gasteiger partial charge >= 0.3 is 0 Å². The monoisotopic (exact) mass is 231 g/mol. The predicted octanol–water partition coefficient (Wildman–Crippen LogP) is 0.973. The Morgan fingerprint density at radius 3 is 2.47 bits per heavy atom. The average Bonchev–Trinajstić information content (AvgIpc) is 2.34. The molecule has 1 rings (SSSR count). The Kier molecular flexibility index (Phi) is 5.09. The summed E-state index contributed by atoms with van der Waals surface area (Å²) in [7, 11) is 0. The van der Waals surface area contributed by atoms with Crippen molar-refractivity contribution in [1.29, 1.82) is 0 Å². The van der Waals surface area contributed by atoms with Crippen molar-refractivity contribution in [3.05, 3.63) is 34.4 Å². The smallest absolute Gasteiger partial charge is 0.269 e. The van der Waals surface area contributed by atoms with Crippen LogP contribution in [0.5, 0.6) is 5.75 Å². The summed E-state index contributed by atoms with van der Waals surface area (Å²) in [5.74, 6) is 10.4. The zero-order valence-corrected chi connectivity index (χ0v) is 8.84. The van der Waals surface area contributed by atoms with Crippen LogP contribution in [-0.4, -0.2) is 23.2 Å². The predicted molar refractivity (Wildman–Crippen MR) is 61.2 cm³/mol. The van der Waals surface area contributed by atoms with Crippen molar-refractivity contribution < 1.29 is 14.8 Å². The van der Waals surface area contributed by atoms with Crippen molar-refractivity contribution in [1.82, 2.24) is 0 Å². The summed E-state index contributed by atoms with van der Waals surface area (Å²) in [6.45, 7) is -0.0875. The highest BCUT2D eigenvalue weighted by atomic mass is 16.6. The summed E-state index contributed by atoms with van der Waals surface area (Å²) in [5.41, 5.74) is 0.0113. The molecule has 1 N–H and O–H groups in total. The summed E-state index contributed by atoms with van der Waals surface area (Å²) >= 11 is 0. The van der Waals surface area contributed by atoms with Crippen molar-refractivity contribution in [2.45, 2.75) is 0 Å². The topological polar surface area (TPSA) is 72.6 Å². The number of aliphatic hydroxyl groups is 1. The maximum Gasteiger partial charge on any atom is 0.269 e. The first-order valence-corrected chi connectivity index (χ1v) is 4.68. The van der Waals surface area contributed by atoms with E-state index < -0.39 is 4.92 Å². The van der Waals surface area contributed by atoms with Gasteiger partial charge in [-0.2, -0.15) is 0 Å². The number of hydrogen-bond acceptors (Lipinski definition) is 4. The minimum absolute atomic E-state index is 0.0113. The van der Waals surface area contributed by atoms with Crippen molar-refractivity contribution >= 4 is 5.69 Å². The van der Waals surface area contributed by atoms with Crippen LogP contribution in [0, 0.1) is 33.8 Å². The average molecular weight is 231 g/mol. The van der Waals surface area contributed by atoms with E-state index in [4.69, 9.17) is 9.84 Å². The first-order chi connectivity index (χ1) is 8.24. The molecule has 0 bridgehead atoms. The highest BCUT2D eigenvalue weighted by Crippen LogP contribution is 2.16. The molecule has 0 unspecified atom stereocenters. The molecule has 0 spiro atoms. The molecule has 86 valence electrons. The van der Waals surface area contributed by atoms with Crippen LogP contribution in [0.2, 0.25) is 0 Å². The number of ether oxygens (including phenoxy) is 1. The second kappa shape index (κ2) is 6.89. The summed E-state index contributed by atoms with van der Waals surface area (Å²) in [6.07, 6.45) is 0. The Bertz CT molecular complexity index is 499. The molecular formula is C12H9NO4. The first-order valence-electron chi connectivity index (χ1n) is 4.68. The van der Waals surface area contributed by atoms with Crippen LogP contribution in [0.3, 0.4) is 0 Å². The van der Waals surface area contributed by atoms with Gasteiger partial charge in [0.15, 0.2) is 0 Å². The zero-order valence-electron chi connectivity index (χ0n) is 8.84. The van der Waals surface area contributed by atoms with Crippen LogP contribution in [-0.2, 0) is 0 Å². The Morgan fingerprint density at radius 1 is 1.24 bits per heavy atom. The first kappa shape index (κ1) is 12.6. The van der Waals surface area contributed by atoms with E-state index in [-0.39, 0.29) is 18.9 Å². The van der Waals surface area contributed by atoms with Gasteiger partial charge in [0.2, 0.25) is 0 Å². The van der Waals surface area contributed by atoms with Gasteiger partial charge in [0, 0.05) is 12.1 Å². The molecule has 1 aromatic rings. The third-order valence-corrected chi connectivity index (χ3v) is 1.68. The number of aliphatic hydroxyl groups excluding tert-OH is 1. The van der Waals surface area contributed by atoms with Gasteiger partial charge in [0.25, 0.3) is 5.69 Å². The van der Waals surface area contributed by atoms with Gasteiger partial charge in [-0.25, -0.2) is 0 Å². The Balaban J connectivity index is 2.47. The number of benzene rings is 1. The maximum atomic E-state index is 10.4. The lowest BCUT2D eigenvalue weighted by Gasteiger charge is -2.00. The van der Waals surface area contributed by atoms with Gasteiger partial charge in [-0.05, 0) is 29.9 Å². The lowest BCUT2D eigenvalue weighted by molar-refractivity contribution is -0.384. The molecule has 0 radical (unpaired) electrons. The molecule has 5 heteroatoms. The minimum atomic E-state index is -0.478. The van der Waals surface area contributed by atoms with E-state index in [1.54, 1.807) is 0 Å². The molecule has 0 aromatic heterocycles. The van der Waals surface area contributed by atoms with E-state index >= 15 is 0 Å². The molecule has 0 aliphatic rings. The van der Waals surface area contributed by atoms with Crippen LogP contribution in [0.25, 0.3) is 0 Å². The molecular weight excluding hydrogens is 222 g/mol. The number of hydrogen-bond donors (Lipinski definition) is 1. The fourth-order valence-corrected chi connectivity index (χ4v) is 0.947. The Morgan fingerprint density at radius 2 is 1.88 bits per heavy atom. The van der Waals surface area contributed by atoms with Gasteiger partial charge in [-0.15, -0.1) is 0 Å². The molecule has 0 aliphatic carbocycles. The fourth-order valence-electron chi connectivity index (χ4n) is 0.947. The van der Waals surface area contributed by atoms with E-state index in [9.17, 15) is 10.1 Å². The van der Waals surface area contributed by atoms with Gasteiger partial charge in [0.1, 0.15) is 19.0 Å². The second-order valence-corrected chi connectivity index (χ2v) is 2.80. The highest BCUT2D eigenvalue weighted by molar-refractivity contribution is 5.36. The molecule has 0 atom stereocenters. The summed E-state index contributed by atoms with van der Waals surface area (Å²) in [6, 6.07) is 5.71. The van der Waals surface area contributed by atoms with E-state index in [1.165, 1.54) is 24.3 Å². The lowest BCUT2D eigenvalue weighted by Crippen LogP contribution is -1.94. The van der Waals surface area contributed by atoms with Crippen LogP contribution in [0.4, 0.5) is 5.69 Å². The van der Waals surface area contributed by atoms with E-state index in [1.807, 2.05) is 0 Å². The number of rotatable bonds is 3. The molecule has 0 fully saturated rings. The Hall–Kier alpha value is -2.50. The molecule has 0 amide bonds. The van der Waals surface area contributed by atoms with Crippen molar-refractivity contribution in [3.63, 3.8) is 0 Å². The van der Waals surface area contributed by atoms with Crippen molar-refractivity contribution in [3.8, 4) is 29.4 Å². The quantitative estimate of drug-likeness (QED) is 0.478. The highest BCUT2D eigenvalue weighted by Gasteiger charge is 2.03. The third-order valence-electron chi connectivity index (χ3n) is 1.68. The van der Waals surface area contributed by atoms with Crippen molar-refractivity contribution in [2.24, 2.45) is 0 Å². The number of nitrogens with zero attached hydrogens (tertiary/aromatic N) is 1. The molecule has 0 saturated carbocycles. The number of non-ortho nitro benzene ring substituents is 1. The fraction of sp³-hybridized carbons (Fsp3) is 0.167. The van der Waals surface area contributed by atoms with Crippen LogP contribution in [0.1, 0.15) is 0 Å². The van der Waals surface area contributed by atoms with Gasteiger partial charge in [-0.3, -0.25) is 10.1 Å². The maximum absolute atomic E-state index is 10.4. The van der Waals surface area contributed by atoms with Crippen molar-refractivity contribution in [2.75, 3.05) is 13.2 Å². The lowest BCUT2D eigenvalue weighted by atomic mass is 10.3. The minimum Gasteiger partial charge on any atom is -0.481 e. The Labute approximate surface area is 98.2 Å². The van der Waals surface area contributed by atoms with Gasteiger partial charge < -0.3 is 9.84 Å². The third kappa shape index (κ3) is 4.70. The standard InChI is InChI=1S/C12H9NO4/c14-9-3-1-2-4-10-17-12-7-5-11(6-8-12)13(15)16/h5-8,14H,9-10H2. The van der Waals surface area contributed by atoms with Crippen LogP contribution < -0.4 is 4.74 Å². The SMILES string of the molecule is O=[N+]([O-])c1ccc(OCC#CC#CCO)cc1. The summed E-state index contributed by atoms with van der Waals surface area (Å²) in [5, 5.41) is 18.7. The molecule has 0 heterocycles. The molecule has 1 aromatic carbocycles. The molecule has 5 nitrogen and oxygen atoms in total. The molecule has 0 saturated heterocycles. The van der Waals surface area contributed by atoms with E-state index in [0.717, 1.165) is 0 Å². The zero-order chi connectivity index (χ0) is 12.5. The summed E-state index contributed by atoms with van der Waals surface area (Å²) in [4.78, 5) is 9.90. The number of nitro groups is 1. The van der Waals surface area contributed by atoms with Crippen LogP contribution >= 0.6 is 0 Å². The van der Waals surface area contributed by atoms with Crippen LogP contribution in [0.15, 0.2) is 24.3 Å². The van der Waals surface area contributed by atoms with Gasteiger partial charge in [0.05, 0.1) is 4.92 Å². The normalized spacial score (nSPS) is 8.29. The van der Waals surface area contributed by atoms with E-state index in [0.29, 0.717) is 5.75 Å². The second-order valence-electron chi connectivity index (χ2n) is 2.80. The molecule has 0 aliphatic heterocycles. The largest absolute Gasteiger partial charge is 0.481 e.